The summed E-state index contributed by atoms with van der Waals surface area (Å²) in [4.78, 5) is 22.5. The monoisotopic (exact) mass is 359 g/mol. The number of carbonyl (C=O) groups is 1. The molecule has 2 heterocycles. The van der Waals surface area contributed by atoms with Crippen LogP contribution in [0.5, 0.6) is 0 Å². The number of amides is 1. The second kappa shape index (κ2) is 9.59. The summed E-state index contributed by atoms with van der Waals surface area (Å²) in [5.41, 5.74) is 8.57. The Morgan fingerprint density at radius 1 is 1.48 bits per heavy atom. The van der Waals surface area contributed by atoms with E-state index in [-0.39, 0.29) is 18.3 Å². The molecule has 128 valence electrons. The average Bonchev–Trinajstić information content (AvgIpc) is 3.16. The summed E-state index contributed by atoms with van der Waals surface area (Å²) in [6.45, 7) is 4.80. The van der Waals surface area contributed by atoms with Crippen molar-refractivity contribution >= 4 is 29.7 Å². The van der Waals surface area contributed by atoms with Gasteiger partial charge in [-0.25, -0.2) is 4.98 Å². The Morgan fingerprint density at radius 2 is 2.26 bits per heavy atom. The number of nitrogens with two attached hydrogens (primary N) is 1. The van der Waals surface area contributed by atoms with Gasteiger partial charge in [0, 0.05) is 24.8 Å². The van der Waals surface area contributed by atoms with Gasteiger partial charge in [-0.15, -0.1) is 23.7 Å². The Morgan fingerprint density at radius 3 is 2.87 bits per heavy atom. The molecule has 0 radical (unpaired) electrons. The molecule has 0 aliphatic heterocycles. The standard InChI is InChI=1S/C14H21N5O2S.ClH/c1-3-5-13-17-12(18-21-13)7-19(4-2)14(20)11(15)6-10-8-22-9-16-10;/h8-9,11H,3-7,15H2,1-2H3;1H/t11-;/m0./s1. The minimum Gasteiger partial charge on any atom is -0.339 e. The summed E-state index contributed by atoms with van der Waals surface area (Å²) >= 11 is 1.49. The van der Waals surface area contributed by atoms with E-state index in [9.17, 15) is 4.79 Å². The van der Waals surface area contributed by atoms with Crippen LogP contribution < -0.4 is 5.73 Å². The number of aryl methyl sites for hydroxylation is 1. The van der Waals surface area contributed by atoms with Gasteiger partial charge in [0.1, 0.15) is 0 Å². The Bertz CT molecular complexity index is 590. The second-order valence-corrected chi connectivity index (χ2v) is 5.72. The number of aromatic nitrogens is 3. The van der Waals surface area contributed by atoms with Crippen molar-refractivity contribution in [2.45, 2.75) is 45.7 Å². The number of rotatable bonds is 8. The SMILES string of the molecule is CCCc1nc(CN(CC)C(=O)[C@@H](N)Cc2cscn2)no1.Cl. The van der Waals surface area contributed by atoms with E-state index >= 15 is 0 Å². The number of hydrogen-bond acceptors (Lipinski definition) is 7. The third-order valence-electron chi connectivity index (χ3n) is 3.23. The molecule has 1 atom stereocenters. The maximum atomic E-state index is 12.4. The maximum Gasteiger partial charge on any atom is 0.240 e. The van der Waals surface area contributed by atoms with Crippen molar-refractivity contribution in [3.8, 4) is 0 Å². The molecule has 1 amide bonds. The Kier molecular flexibility index (Phi) is 8.15. The van der Waals surface area contributed by atoms with E-state index < -0.39 is 6.04 Å². The first kappa shape index (κ1) is 19.5. The first-order valence-corrected chi connectivity index (χ1v) is 8.31. The smallest absolute Gasteiger partial charge is 0.240 e. The Hall–Kier alpha value is -1.51. The molecular formula is C14H22ClN5O2S. The molecule has 0 aromatic carbocycles. The van der Waals surface area contributed by atoms with E-state index in [1.165, 1.54) is 11.3 Å². The molecule has 2 aromatic rings. The number of carbonyl (C=O) groups excluding carboxylic acids is 1. The van der Waals surface area contributed by atoms with E-state index in [0.717, 1.165) is 18.5 Å². The molecule has 2 aromatic heterocycles. The summed E-state index contributed by atoms with van der Waals surface area (Å²) in [6, 6.07) is -0.607. The van der Waals surface area contributed by atoms with Crippen molar-refractivity contribution in [1.29, 1.82) is 0 Å². The lowest BCUT2D eigenvalue weighted by Crippen LogP contribution is -2.44. The lowest BCUT2D eigenvalue weighted by Gasteiger charge is -2.22. The molecule has 0 saturated heterocycles. The minimum absolute atomic E-state index is 0. The Labute approximate surface area is 145 Å². The molecule has 0 spiro atoms. The highest BCUT2D eigenvalue weighted by Gasteiger charge is 2.22. The van der Waals surface area contributed by atoms with Crippen LogP contribution in [0.25, 0.3) is 0 Å². The van der Waals surface area contributed by atoms with E-state index in [4.69, 9.17) is 10.3 Å². The van der Waals surface area contributed by atoms with E-state index in [1.807, 2.05) is 19.2 Å². The highest BCUT2D eigenvalue weighted by atomic mass is 35.5. The summed E-state index contributed by atoms with van der Waals surface area (Å²) in [7, 11) is 0. The van der Waals surface area contributed by atoms with Crippen molar-refractivity contribution in [2.24, 2.45) is 5.73 Å². The predicted molar refractivity (Wildman–Crippen MR) is 90.4 cm³/mol. The van der Waals surface area contributed by atoms with Crippen molar-refractivity contribution in [1.82, 2.24) is 20.0 Å². The average molecular weight is 360 g/mol. The van der Waals surface area contributed by atoms with Crippen molar-refractivity contribution in [3.63, 3.8) is 0 Å². The summed E-state index contributed by atoms with van der Waals surface area (Å²) in [5, 5.41) is 5.81. The van der Waals surface area contributed by atoms with Crippen LogP contribution in [0.4, 0.5) is 0 Å². The van der Waals surface area contributed by atoms with E-state index in [0.29, 0.717) is 31.2 Å². The molecule has 0 saturated carbocycles. The largest absolute Gasteiger partial charge is 0.339 e. The quantitative estimate of drug-likeness (QED) is 0.771. The van der Waals surface area contributed by atoms with Gasteiger partial charge in [0.2, 0.25) is 11.8 Å². The molecule has 0 fully saturated rings. The number of likely N-dealkylation sites (N-methyl/N-ethyl adjacent to an activating group) is 1. The van der Waals surface area contributed by atoms with Crippen LogP contribution in [0.3, 0.4) is 0 Å². The molecule has 7 nitrogen and oxygen atoms in total. The molecule has 2 rings (SSSR count). The van der Waals surface area contributed by atoms with Gasteiger partial charge in [-0.1, -0.05) is 12.1 Å². The van der Waals surface area contributed by atoms with Crippen LogP contribution in [-0.4, -0.2) is 38.5 Å². The fraction of sp³-hybridized carbons (Fsp3) is 0.571. The molecule has 9 heteroatoms. The number of halogens is 1. The van der Waals surface area contributed by atoms with Gasteiger partial charge in [0.25, 0.3) is 0 Å². The van der Waals surface area contributed by atoms with Gasteiger partial charge >= 0.3 is 0 Å². The van der Waals surface area contributed by atoms with Gasteiger partial charge in [-0.2, -0.15) is 4.98 Å². The van der Waals surface area contributed by atoms with Gasteiger partial charge in [0.15, 0.2) is 5.82 Å². The van der Waals surface area contributed by atoms with Gasteiger partial charge in [-0.05, 0) is 13.3 Å². The van der Waals surface area contributed by atoms with Gasteiger partial charge in [0.05, 0.1) is 23.8 Å². The topological polar surface area (TPSA) is 98.1 Å². The Balaban J connectivity index is 0.00000264. The molecule has 0 aliphatic carbocycles. The molecule has 0 bridgehead atoms. The van der Waals surface area contributed by atoms with Crippen LogP contribution in [0, 0.1) is 0 Å². The van der Waals surface area contributed by atoms with E-state index in [1.54, 1.807) is 10.4 Å². The zero-order valence-electron chi connectivity index (χ0n) is 13.3. The molecule has 0 unspecified atom stereocenters. The second-order valence-electron chi connectivity index (χ2n) is 5.00. The fourth-order valence-corrected chi connectivity index (χ4v) is 2.64. The van der Waals surface area contributed by atoms with Crippen LogP contribution in [-0.2, 0) is 24.2 Å². The molecular weight excluding hydrogens is 338 g/mol. The zero-order chi connectivity index (χ0) is 15.9. The van der Waals surface area contributed by atoms with Crippen molar-refractivity contribution in [3.05, 3.63) is 28.3 Å². The molecule has 23 heavy (non-hydrogen) atoms. The number of thiazole rings is 1. The third-order valence-corrected chi connectivity index (χ3v) is 3.86. The predicted octanol–water partition coefficient (Wildman–Crippen LogP) is 1.82. The normalized spacial score (nSPS) is 11.8. The van der Waals surface area contributed by atoms with Crippen LogP contribution in [0.2, 0.25) is 0 Å². The first-order chi connectivity index (χ1) is 10.6. The van der Waals surface area contributed by atoms with E-state index in [2.05, 4.69) is 15.1 Å². The molecule has 2 N–H and O–H groups in total. The highest BCUT2D eigenvalue weighted by molar-refractivity contribution is 7.07. The summed E-state index contributed by atoms with van der Waals surface area (Å²) in [6.07, 6.45) is 2.12. The van der Waals surface area contributed by atoms with Gasteiger partial charge < -0.3 is 15.2 Å². The fourth-order valence-electron chi connectivity index (χ4n) is 2.07. The van der Waals surface area contributed by atoms with Crippen molar-refractivity contribution in [2.75, 3.05) is 6.54 Å². The summed E-state index contributed by atoms with van der Waals surface area (Å²) in [5.74, 6) is 0.990. The minimum atomic E-state index is -0.607. The lowest BCUT2D eigenvalue weighted by atomic mass is 10.1. The number of hydrogen-bond donors (Lipinski definition) is 1. The maximum absolute atomic E-state index is 12.4. The third kappa shape index (κ3) is 5.56. The first-order valence-electron chi connectivity index (χ1n) is 7.36. The van der Waals surface area contributed by atoms with Gasteiger partial charge in [-0.3, -0.25) is 4.79 Å². The number of nitrogens with zero attached hydrogens (tertiary/aromatic N) is 4. The summed E-state index contributed by atoms with van der Waals surface area (Å²) < 4.78 is 5.14. The molecule has 0 aliphatic rings. The van der Waals surface area contributed by atoms with Crippen LogP contribution in [0.15, 0.2) is 15.4 Å². The highest BCUT2D eigenvalue weighted by Crippen LogP contribution is 2.08. The van der Waals surface area contributed by atoms with Crippen molar-refractivity contribution < 1.29 is 9.32 Å². The zero-order valence-corrected chi connectivity index (χ0v) is 14.9. The van der Waals surface area contributed by atoms with Crippen LogP contribution in [0.1, 0.15) is 37.7 Å². The lowest BCUT2D eigenvalue weighted by molar-refractivity contribution is -0.133. The van der Waals surface area contributed by atoms with Crippen LogP contribution >= 0.6 is 23.7 Å².